The summed E-state index contributed by atoms with van der Waals surface area (Å²) in [6, 6.07) is 12.8. The van der Waals surface area contributed by atoms with E-state index in [2.05, 4.69) is 36.9 Å². The van der Waals surface area contributed by atoms with E-state index >= 15 is 0 Å². The van der Waals surface area contributed by atoms with E-state index in [1.54, 1.807) is 6.07 Å². The average molecular weight is 413 g/mol. The first-order valence-corrected chi connectivity index (χ1v) is 7.94. The van der Waals surface area contributed by atoms with E-state index in [1.165, 1.54) is 6.07 Å². The third kappa shape index (κ3) is 2.82. The molecule has 1 heterocycles. The van der Waals surface area contributed by atoms with Gasteiger partial charge in [-0.3, -0.25) is 4.99 Å². The molecule has 2 N–H and O–H groups in total. The van der Waals surface area contributed by atoms with E-state index in [4.69, 9.17) is 5.73 Å². The number of anilines is 1. The Bertz CT molecular complexity index is 701. The van der Waals surface area contributed by atoms with Crippen LogP contribution in [0.3, 0.4) is 0 Å². The van der Waals surface area contributed by atoms with Crippen molar-refractivity contribution in [3.05, 3.63) is 62.8 Å². The van der Waals surface area contributed by atoms with E-state index < -0.39 is 0 Å². The standard InChI is InChI=1S/C15H12Br2FN3/c16-10-2-4-11(5-3-10)21-14(8-20-15(21)19)9-1-6-12(17)13(18)7-9/h1-7,14H,8H2,(H2,19,20). The first-order chi connectivity index (χ1) is 10.1. The van der Waals surface area contributed by atoms with Crippen molar-refractivity contribution < 1.29 is 4.39 Å². The van der Waals surface area contributed by atoms with E-state index in [0.717, 1.165) is 15.7 Å². The second-order valence-electron chi connectivity index (χ2n) is 4.73. The fraction of sp³-hybridized carbons (Fsp3) is 0.133. The molecule has 1 aliphatic rings. The number of nitrogens with two attached hydrogens (primary N) is 1. The minimum atomic E-state index is -0.284. The highest BCUT2D eigenvalue weighted by atomic mass is 79.9. The molecule has 0 saturated carbocycles. The zero-order chi connectivity index (χ0) is 15.0. The highest BCUT2D eigenvalue weighted by Gasteiger charge is 2.29. The predicted octanol–water partition coefficient (Wildman–Crippen LogP) is 4.23. The van der Waals surface area contributed by atoms with Crippen LogP contribution >= 0.6 is 31.9 Å². The van der Waals surface area contributed by atoms with Gasteiger partial charge in [0.25, 0.3) is 0 Å². The Balaban J connectivity index is 1.98. The Morgan fingerprint density at radius 2 is 1.86 bits per heavy atom. The summed E-state index contributed by atoms with van der Waals surface area (Å²) in [5.41, 5.74) is 7.79. The maximum Gasteiger partial charge on any atom is 0.196 e. The lowest BCUT2D eigenvalue weighted by Crippen LogP contribution is -2.36. The van der Waals surface area contributed by atoms with Gasteiger partial charge in [0.15, 0.2) is 5.96 Å². The number of hydrogen-bond acceptors (Lipinski definition) is 3. The third-order valence-electron chi connectivity index (χ3n) is 3.42. The van der Waals surface area contributed by atoms with Gasteiger partial charge in [-0.15, -0.1) is 0 Å². The van der Waals surface area contributed by atoms with Crippen molar-refractivity contribution in [2.24, 2.45) is 10.7 Å². The molecule has 1 unspecified atom stereocenters. The highest BCUT2D eigenvalue weighted by molar-refractivity contribution is 9.10. The number of guanidine groups is 1. The number of rotatable bonds is 2. The van der Waals surface area contributed by atoms with Crippen LogP contribution in [0.2, 0.25) is 0 Å². The molecule has 21 heavy (non-hydrogen) atoms. The van der Waals surface area contributed by atoms with Crippen molar-refractivity contribution in [3.8, 4) is 0 Å². The lowest BCUT2D eigenvalue weighted by molar-refractivity contribution is 0.615. The molecule has 1 aliphatic heterocycles. The van der Waals surface area contributed by atoms with Gasteiger partial charge in [-0.2, -0.15) is 0 Å². The van der Waals surface area contributed by atoms with E-state index in [-0.39, 0.29) is 11.9 Å². The fourth-order valence-electron chi connectivity index (χ4n) is 2.39. The molecule has 2 aromatic carbocycles. The van der Waals surface area contributed by atoms with E-state index in [1.807, 2.05) is 35.2 Å². The van der Waals surface area contributed by atoms with Gasteiger partial charge in [-0.25, -0.2) is 4.39 Å². The second kappa shape index (κ2) is 5.77. The highest BCUT2D eigenvalue weighted by Crippen LogP contribution is 2.33. The molecular weight excluding hydrogens is 401 g/mol. The van der Waals surface area contributed by atoms with E-state index in [0.29, 0.717) is 17.0 Å². The zero-order valence-electron chi connectivity index (χ0n) is 10.9. The predicted molar refractivity (Wildman–Crippen MR) is 90.0 cm³/mol. The number of halogens is 3. The molecule has 0 bridgehead atoms. The quantitative estimate of drug-likeness (QED) is 0.801. The Hall–Kier alpha value is -1.40. The molecule has 0 fully saturated rings. The van der Waals surface area contributed by atoms with Gasteiger partial charge in [-0.05, 0) is 57.9 Å². The lowest BCUT2D eigenvalue weighted by Gasteiger charge is -2.26. The summed E-state index contributed by atoms with van der Waals surface area (Å²) < 4.78 is 15.2. The fourth-order valence-corrected chi connectivity index (χ4v) is 2.90. The molecule has 0 saturated heterocycles. The van der Waals surface area contributed by atoms with E-state index in [9.17, 15) is 4.39 Å². The van der Waals surface area contributed by atoms with Crippen LogP contribution in [0, 0.1) is 5.82 Å². The van der Waals surface area contributed by atoms with Crippen molar-refractivity contribution in [1.82, 2.24) is 0 Å². The topological polar surface area (TPSA) is 41.6 Å². The zero-order valence-corrected chi connectivity index (χ0v) is 14.1. The SMILES string of the molecule is NC1=NCC(c2ccc(Br)c(F)c2)N1c1ccc(Br)cc1. The molecular formula is C15H12Br2FN3. The molecule has 2 aromatic rings. The van der Waals surface area contributed by atoms with Gasteiger partial charge >= 0.3 is 0 Å². The van der Waals surface area contributed by atoms with Crippen LogP contribution in [-0.2, 0) is 0 Å². The van der Waals surface area contributed by atoms with Crippen LogP contribution in [0.5, 0.6) is 0 Å². The molecule has 108 valence electrons. The molecule has 6 heteroatoms. The summed E-state index contributed by atoms with van der Waals surface area (Å²) >= 11 is 6.58. The number of aliphatic imine (C=N–C) groups is 1. The van der Waals surface area contributed by atoms with Crippen LogP contribution in [0.4, 0.5) is 10.1 Å². The molecule has 0 amide bonds. The van der Waals surface area contributed by atoms with Gasteiger partial charge < -0.3 is 10.6 Å². The van der Waals surface area contributed by atoms with Crippen LogP contribution in [0.25, 0.3) is 0 Å². The molecule has 1 atom stereocenters. The normalized spacial score (nSPS) is 18.0. The first-order valence-electron chi connectivity index (χ1n) is 6.36. The number of hydrogen-bond donors (Lipinski definition) is 1. The van der Waals surface area contributed by atoms with Crippen molar-refractivity contribution >= 4 is 43.5 Å². The van der Waals surface area contributed by atoms with Gasteiger partial charge in [0.05, 0.1) is 17.1 Å². The summed E-state index contributed by atoms with van der Waals surface area (Å²) in [6.45, 7) is 0.517. The molecule has 0 aromatic heterocycles. The maximum absolute atomic E-state index is 13.8. The largest absolute Gasteiger partial charge is 0.369 e. The van der Waals surface area contributed by atoms with Crippen LogP contribution < -0.4 is 10.6 Å². The summed E-state index contributed by atoms with van der Waals surface area (Å²) in [5.74, 6) is 0.166. The number of benzene rings is 2. The molecule has 0 aliphatic carbocycles. The van der Waals surface area contributed by atoms with Crippen molar-refractivity contribution in [2.45, 2.75) is 6.04 Å². The minimum absolute atomic E-state index is 0.0891. The van der Waals surface area contributed by atoms with Gasteiger partial charge in [0.2, 0.25) is 0 Å². The smallest absolute Gasteiger partial charge is 0.196 e. The Kier molecular flexibility index (Phi) is 3.99. The molecule has 0 radical (unpaired) electrons. The van der Waals surface area contributed by atoms with Crippen molar-refractivity contribution in [3.63, 3.8) is 0 Å². The lowest BCUT2D eigenvalue weighted by atomic mass is 10.1. The van der Waals surface area contributed by atoms with Crippen molar-refractivity contribution in [1.29, 1.82) is 0 Å². The van der Waals surface area contributed by atoms with Crippen LogP contribution in [0.1, 0.15) is 11.6 Å². The maximum atomic E-state index is 13.8. The van der Waals surface area contributed by atoms with Crippen LogP contribution in [0.15, 0.2) is 56.4 Å². The molecule has 3 nitrogen and oxygen atoms in total. The van der Waals surface area contributed by atoms with Gasteiger partial charge in [-0.1, -0.05) is 22.0 Å². The van der Waals surface area contributed by atoms with Gasteiger partial charge in [0, 0.05) is 10.2 Å². The summed E-state index contributed by atoms with van der Waals surface area (Å²) in [5, 5.41) is 0. The Morgan fingerprint density at radius 1 is 1.14 bits per heavy atom. The second-order valence-corrected chi connectivity index (χ2v) is 6.50. The number of nitrogens with zero attached hydrogens (tertiary/aromatic N) is 2. The summed E-state index contributed by atoms with van der Waals surface area (Å²) in [4.78, 5) is 6.23. The average Bonchev–Trinajstić information content (AvgIpc) is 2.85. The summed E-state index contributed by atoms with van der Waals surface area (Å²) in [6.07, 6.45) is 0. The summed E-state index contributed by atoms with van der Waals surface area (Å²) in [7, 11) is 0. The first kappa shape index (κ1) is 14.5. The van der Waals surface area contributed by atoms with Crippen molar-refractivity contribution in [2.75, 3.05) is 11.4 Å². The molecule has 0 spiro atoms. The molecule has 3 rings (SSSR count). The minimum Gasteiger partial charge on any atom is -0.369 e. The third-order valence-corrected chi connectivity index (χ3v) is 4.59. The Labute approximate surface area is 138 Å². The Morgan fingerprint density at radius 3 is 2.52 bits per heavy atom. The van der Waals surface area contributed by atoms with Gasteiger partial charge in [0.1, 0.15) is 5.82 Å². The van der Waals surface area contributed by atoms with Crippen LogP contribution in [-0.4, -0.2) is 12.5 Å². The monoisotopic (exact) mass is 411 g/mol.